The van der Waals surface area contributed by atoms with Crippen LogP contribution in [-0.2, 0) is 6.42 Å². The summed E-state index contributed by atoms with van der Waals surface area (Å²) in [6.07, 6.45) is 6.63. The number of unbranched alkanes of at least 4 members (excludes halogenated alkanes) is 1. The van der Waals surface area contributed by atoms with Crippen LogP contribution in [0.25, 0.3) is 10.8 Å². The van der Waals surface area contributed by atoms with Gasteiger partial charge in [0.05, 0.1) is 14.2 Å². The number of rotatable bonds is 6. The van der Waals surface area contributed by atoms with Crippen LogP contribution in [-0.4, -0.2) is 25.7 Å². The number of hydrogen-bond donors (Lipinski definition) is 1. The van der Waals surface area contributed by atoms with Crippen LogP contribution in [0, 0.1) is 0 Å². The van der Waals surface area contributed by atoms with E-state index in [4.69, 9.17) is 15.2 Å². The zero-order valence-corrected chi connectivity index (χ0v) is 11.5. The highest BCUT2D eigenvalue weighted by Crippen LogP contribution is 2.37. The largest absolute Gasteiger partial charge is 0.493 e. The lowest BCUT2D eigenvalue weighted by Gasteiger charge is -2.15. The zero-order valence-electron chi connectivity index (χ0n) is 11.5. The molecule has 2 aromatic rings. The number of ether oxygens (including phenoxy) is 2. The van der Waals surface area contributed by atoms with E-state index in [9.17, 15) is 0 Å². The summed E-state index contributed by atoms with van der Waals surface area (Å²) in [7, 11) is 3.33. The molecule has 0 aliphatic heterocycles. The minimum Gasteiger partial charge on any atom is -0.493 e. The number of hydrogen-bond acceptors (Lipinski definition) is 4. The van der Waals surface area contributed by atoms with Crippen molar-refractivity contribution in [3.8, 4) is 11.5 Å². The Balaban J connectivity index is 2.53. The third-order valence-corrected chi connectivity index (χ3v) is 3.27. The molecule has 2 N–H and O–H groups in total. The highest BCUT2D eigenvalue weighted by molar-refractivity contribution is 5.89. The summed E-state index contributed by atoms with van der Waals surface area (Å²) in [6, 6.07) is 3.99. The maximum absolute atomic E-state index is 5.57. The predicted octanol–water partition coefficient (Wildman–Crippen LogP) is 2.53. The van der Waals surface area contributed by atoms with Crippen molar-refractivity contribution in [1.29, 1.82) is 0 Å². The average molecular weight is 260 g/mol. The van der Waals surface area contributed by atoms with Gasteiger partial charge < -0.3 is 15.2 Å². The van der Waals surface area contributed by atoms with Crippen LogP contribution >= 0.6 is 0 Å². The van der Waals surface area contributed by atoms with Gasteiger partial charge in [0.15, 0.2) is 11.5 Å². The van der Waals surface area contributed by atoms with Gasteiger partial charge >= 0.3 is 0 Å². The molecule has 4 nitrogen and oxygen atoms in total. The summed E-state index contributed by atoms with van der Waals surface area (Å²) in [5.41, 5.74) is 6.74. The van der Waals surface area contributed by atoms with Gasteiger partial charge in [0.2, 0.25) is 0 Å². The number of aromatic nitrogens is 1. The highest BCUT2D eigenvalue weighted by Gasteiger charge is 2.14. The topological polar surface area (TPSA) is 57.4 Å². The molecular formula is C15H20N2O2. The molecule has 0 fully saturated rings. The lowest BCUT2D eigenvalue weighted by Crippen LogP contribution is -2.01. The fourth-order valence-electron chi connectivity index (χ4n) is 2.34. The summed E-state index contributed by atoms with van der Waals surface area (Å²) in [6.45, 7) is 0.714. The van der Waals surface area contributed by atoms with Crippen LogP contribution in [0.3, 0.4) is 0 Å². The average Bonchev–Trinajstić information content (AvgIpc) is 2.46. The SMILES string of the molecule is COc1cc2cnccc2c(CCCCN)c1OC. The second-order valence-corrected chi connectivity index (χ2v) is 4.43. The van der Waals surface area contributed by atoms with Gasteiger partial charge in [-0.2, -0.15) is 0 Å². The fraction of sp³-hybridized carbons (Fsp3) is 0.400. The summed E-state index contributed by atoms with van der Waals surface area (Å²) in [5, 5.41) is 2.24. The van der Waals surface area contributed by atoms with Crippen molar-refractivity contribution in [3.63, 3.8) is 0 Å². The number of nitrogens with two attached hydrogens (primary N) is 1. The van der Waals surface area contributed by atoms with Gasteiger partial charge in [0.25, 0.3) is 0 Å². The molecule has 0 radical (unpaired) electrons. The molecule has 0 atom stereocenters. The van der Waals surface area contributed by atoms with Gasteiger partial charge in [0, 0.05) is 23.3 Å². The molecule has 2 rings (SSSR count). The Kier molecular flexibility index (Phi) is 4.58. The number of nitrogens with zero attached hydrogens (tertiary/aromatic N) is 1. The van der Waals surface area contributed by atoms with Crippen LogP contribution in [0.4, 0.5) is 0 Å². The van der Waals surface area contributed by atoms with E-state index in [0.717, 1.165) is 36.1 Å². The standard InChI is InChI=1S/C15H20N2O2/c1-18-14-9-11-10-17-8-6-12(11)13(15(14)19-2)5-3-4-7-16/h6,8-10H,3-5,7,16H2,1-2H3. The van der Waals surface area contributed by atoms with E-state index in [0.29, 0.717) is 6.54 Å². The van der Waals surface area contributed by atoms with E-state index in [1.54, 1.807) is 20.4 Å². The lowest BCUT2D eigenvalue weighted by atomic mass is 9.99. The number of fused-ring (bicyclic) bond motifs is 1. The van der Waals surface area contributed by atoms with Crippen molar-refractivity contribution in [3.05, 3.63) is 30.1 Å². The first-order valence-electron chi connectivity index (χ1n) is 6.49. The quantitative estimate of drug-likeness (QED) is 0.811. The Morgan fingerprint density at radius 1 is 1.21 bits per heavy atom. The number of benzene rings is 1. The fourth-order valence-corrected chi connectivity index (χ4v) is 2.34. The maximum atomic E-state index is 5.57. The monoisotopic (exact) mass is 260 g/mol. The summed E-state index contributed by atoms with van der Waals surface area (Å²) in [5.74, 6) is 1.57. The van der Waals surface area contributed by atoms with Crippen LogP contribution in [0.15, 0.2) is 24.5 Å². The molecule has 0 aliphatic rings. The maximum Gasteiger partial charge on any atom is 0.164 e. The van der Waals surface area contributed by atoms with Crippen molar-refractivity contribution in [2.24, 2.45) is 5.73 Å². The van der Waals surface area contributed by atoms with Crippen molar-refractivity contribution in [2.75, 3.05) is 20.8 Å². The second kappa shape index (κ2) is 6.38. The number of aryl methyl sites for hydroxylation is 1. The Morgan fingerprint density at radius 2 is 2.05 bits per heavy atom. The predicted molar refractivity (Wildman–Crippen MR) is 76.8 cm³/mol. The third-order valence-electron chi connectivity index (χ3n) is 3.27. The summed E-state index contributed by atoms with van der Waals surface area (Å²) in [4.78, 5) is 4.16. The zero-order chi connectivity index (χ0) is 13.7. The molecule has 102 valence electrons. The molecule has 0 amide bonds. The highest BCUT2D eigenvalue weighted by atomic mass is 16.5. The molecule has 1 heterocycles. The number of methoxy groups -OCH3 is 2. The smallest absolute Gasteiger partial charge is 0.164 e. The first-order valence-corrected chi connectivity index (χ1v) is 6.49. The van der Waals surface area contributed by atoms with Gasteiger partial charge in [-0.05, 0) is 43.3 Å². The molecule has 0 spiro atoms. The minimum atomic E-state index is 0.714. The van der Waals surface area contributed by atoms with E-state index in [1.807, 2.05) is 18.3 Å². The minimum absolute atomic E-state index is 0.714. The van der Waals surface area contributed by atoms with E-state index < -0.39 is 0 Å². The Morgan fingerprint density at radius 3 is 2.74 bits per heavy atom. The van der Waals surface area contributed by atoms with E-state index in [2.05, 4.69) is 4.98 Å². The Bertz CT molecular complexity index is 555. The van der Waals surface area contributed by atoms with Gasteiger partial charge in [-0.1, -0.05) is 0 Å². The van der Waals surface area contributed by atoms with Gasteiger partial charge in [-0.25, -0.2) is 0 Å². The molecule has 0 saturated carbocycles. The second-order valence-electron chi connectivity index (χ2n) is 4.43. The van der Waals surface area contributed by atoms with Gasteiger partial charge in [0.1, 0.15) is 0 Å². The van der Waals surface area contributed by atoms with E-state index in [-0.39, 0.29) is 0 Å². The van der Waals surface area contributed by atoms with Crippen LogP contribution in [0.2, 0.25) is 0 Å². The molecule has 19 heavy (non-hydrogen) atoms. The Hall–Kier alpha value is -1.81. The molecule has 0 saturated heterocycles. The molecule has 0 unspecified atom stereocenters. The van der Waals surface area contributed by atoms with Crippen molar-refractivity contribution < 1.29 is 9.47 Å². The molecule has 1 aromatic heterocycles. The van der Waals surface area contributed by atoms with Crippen LogP contribution in [0.5, 0.6) is 11.5 Å². The van der Waals surface area contributed by atoms with Crippen LogP contribution in [0.1, 0.15) is 18.4 Å². The summed E-state index contributed by atoms with van der Waals surface area (Å²) < 4.78 is 10.9. The first kappa shape index (κ1) is 13.6. The Labute approximate surface area is 113 Å². The lowest BCUT2D eigenvalue weighted by molar-refractivity contribution is 0.352. The van der Waals surface area contributed by atoms with Gasteiger partial charge in [-0.15, -0.1) is 0 Å². The molecule has 0 bridgehead atoms. The third kappa shape index (κ3) is 2.79. The molecular weight excluding hydrogens is 240 g/mol. The normalized spacial score (nSPS) is 10.7. The molecule has 0 aliphatic carbocycles. The van der Waals surface area contributed by atoms with E-state index in [1.165, 1.54) is 10.9 Å². The summed E-state index contributed by atoms with van der Waals surface area (Å²) >= 11 is 0. The first-order chi connectivity index (χ1) is 9.31. The molecule has 1 aromatic carbocycles. The number of pyridine rings is 1. The van der Waals surface area contributed by atoms with Crippen LogP contribution < -0.4 is 15.2 Å². The van der Waals surface area contributed by atoms with E-state index >= 15 is 0 Å². The molecule has 4 heteroatoms. The van der Waals surface area contributed by atoms with Crippen molar-refractivity contribution in [2.45, 2.75) is 19.3 Å². The van der Waals surface area contributed by atoms with Crippen molar-refractivity contribution >= 4 is 10.8 Å². The van der Waals surface area contributed by atoms with Crippen molar-refractivity contribution in [1.82, 2.24) is 4.98 Å². The van der Waals surface area contributed by atoms with Gasteiger partial charge in [-0.3, -0.25) is 4.98 Å².